The summed E-state index contributed by atoms with van der Waals surface area (Å²) in [6.07, 6.45) is 1.97. The molecule has 3 nitrogen and oxygen atoms in total. The minimum atomic E-state index is -0.611. The van der Waals surface area contributed by atoms with Crippen molar-refractivity contribution in [2.24, 2.45) is 0 Å². The van der Waals surface area contributed by atoms with Crippen LogP contribution in [0, 0.1) is 0 Å². The topological polar surface area (TPSA) is 32.3 Å². The van der Waals surface area contributed by atoms with Gasteiger partial charge in [0, 0.05) is 23.8 Å². The number of hydrogen-bond acceptors (Lipinski definition) is 1. The second-order valence-corrected chi connectivity index (χ2v) is 16.0. The molecule has 0 spiro atoms. The molecule has 4 aromatic rings. The first-order chi connectivity index (χ1) is 18.9. The van der Waals surface area contributed by atoms with Crippen LogP contribution in [0.1, 0.15) is 27.2 Å². The van der Waals surface area contributed by atoms with Gasteiger partial charge in [-0.3, -0.25) is 0 Å². The fourth-order valence-corrected chi connectivity index (χ4v) is 10.9. The minimum absolute atomic E-state index is 0.0575. The second-order valence-electron chi connectivity index (χ2n) is 11.2. The van der Waals surface area contributed by atoms with Crippen LogP contribution in [-0.2, 0) is 0 Å². The Morgan fingerprint density at radius 1 is 0.718 bits per heavy atom. The van der Waals surface area contributed by atoms with Gasteiger partial charge < -0.3 is 10.2 Å². The molecule has 1 N–H and O–H groups in total. The molecular weight excluding hydrogens is 514 g/mol. The number of carbonyl (C=O) groups is 1. The number of benzene rings is 4. The maximum atomic E-state index is 13.8. The molecule has 0 aromatic heterocycles. The molecule has 200 valence electrons. The molecule has 0 unspecified atom stereocenters. The highest BCUT2D eigenvalue weighted by molar-refractivity contribution is 7.74. The molecule has 1 saturated heterocycles. The van der Waals surface area contributed by atoms with Crippen molar-refractivity contribution in [2.75, 3.05) is 12.7 Å². The average Bonchev–Trinajstić information content (AvgIpc) is 3.36. The van der Waals surface area contributed by atoms with Crippen molar-refractivity contribution >= 4 is 43.1 Å². The Hall–Kier alpha value is -2.99. The lowest BCUT2D eigenvalue weighted by Gasteiger charge is -2.32. The lowest BCUT2D eigenvalue weighted by molar-refractivity contribution is 0.187. The number of hydrogen-bond donors (Lipinski definition) is 1. The molecule has 1 aliphatic rings. The van der Waals surface area contributed by atoms with Crippen LogP contribution in [-0.4, -0.2) is 40.9 Å². The van der Waals surface area contributed by atoms with E-state index in [4.69, 9.17) is 0 Å². The summed E-state index contributed by atoms with van der Waals surface area (Å²) in [5, 5.41) is 8.79. The van der Waals surface area contributed by atoms with E-state index in [1.54, 1.807) is 0 Å². The molecule has 0 bridgehead atoms. The van der Waals surface area contributed by atoms with E-state index in [-0.39, 0.29) is 17.6 Å². The molecule has 0 saturated carbocycles. The Labute approximate surface area is 236 Å². The molecule has 5 heteroatoms. The van der Waals surface area contributed by atoms with Gasteiger partial charge in [0.15, 0.2) is 0 Å². The number of nitrogens with zero attached hydrogens (tertiary/aromatic N) is 1. The van der Waals surface area contributed by atoms with Crippen LogP contribution in [0.3, 0.4) is 0 Å². The number of amides is 2. The zero-order valence-corrected chi connectivity index (χ0v) is 24.9. The van der Waals surface area contributed by atoms with Crippen LogP contribution >= 0.6 is 15.8 Å². The fourth-order valence-electron chi connectivity index (χ4n) is 5.43. The third-order valence-corrected chi connectivity index (χ3v) is 12.5. The van der Waals surface area contributed by atoms with Gasteiger partial charge in [0.25, 0.3) is 0 Å². The van der Waals surface area contributed by atoms with Crippen LogP contribution in [0.4, 0.5) is 4.79 Å². The fraction of sp³-hybridized carbons (Fsp3) is 0.265. The van der Waals surface area contributed by atoms with Gasteiger partial charge in [-0.25, -0.2) is 4.79 Å². The van der Waals surface area contributed by atoms with E-state index in [1.165, 1.54) is 21.2 Å². The van der Waals surface area contributed by atoms with Gasteiger partial charge in [-0.05, 0) is 70.4 Å². The quantitative estimate of drug-likeness (QED) is 0.272. The van der Waals surface area contributed by atoms with Crippen LogP contribution in [0.5, 0.6) is 0 Å². The molecule has 4 aromatic carbocycles. The van der Waals surface area contributed by atoms with Crippen LogP contribution in [0.15, 0.2) is 121 Å². The zero-order chi connectivity index (χ0) is 27.2. The number of likely N-dealkylation sites (tertiary alicyclic amines) is 1. The first-order valence-electron chi connectivity index (χ1n) is 13.7. The number of carbonyl (C=O) groups excluding carboxylic acids is 1. The van der Waals surface area contributed by atoms with Gasteiger partial charge in [0.05, 0.1) is 0 Å². The second kappa shape index (κ2) is 12.5. The summed E-state index contributed by atoms with van der Waals surface area (Å²) in [5.74, 6) is 0. The Bertz CT molecular complexity index is 1250. The van der Waals surface area contributed by atoms with Crippen molar-refractivity contribution in [3.05, 3.63) is 121 Å². The van der Waals surface area contributed by atoms with Gasteiger partial charge in [-0.1, -0.05) is 121 Å². The first-order valence-corrected chi connectivity index (χ1v) is 16.7. The van der Waals surface area contributed by atoms with E-state index in [1.807, 2.05) is 0 Å². The van der Waals surface area contributed by atoms with Crippen molar-refractivity contribution in [1.82, 2.24) is 10.2 Å². The summed E-state index contributed by atoms with van der Waals surface area (Å²) in [6.45, 7) is 6.97. The SMILES string of the molecule is CC(C)(C)NC(=O)N1C[C@@H](P(c2ccccc2)c2ccccc2)C[C@H]1CP(c1ccccc1)c1ccccc1. The van der Waals surface area contributed by atoms with Gasteiger partial charge >= 0.3 is 6.03 Å². The molecule has 1 fully saturated rings. The zero-order valence-electron chi connectivity index (χ0n) is 23.1. The Morgan fingerprint density at radius 2 is 1.13 bits per heavy atom. The third-order valence-electron chi connectivity index (χ3n) is 7.10. The summed E-state index contributed by atoms with van der Waals surface area (Å²) >= 11 is 0. The summed E-state index contributed by atoms with van der Waals surface area (Å²) in [4.78, 5) is 16.0. The van der Waals surface area contributed by atoms with E-state index >= 15 is 0 Å². The highest BCUT2D eigenvalue weighted by Gasteiger charge is 2.41. The van der Waals surface area contributed by atoms with Crippen molar-refractivity contribution in [3.63, 3.8) is 0 Å². The Morgan fingerprint density at radius 3 is 1.54 bits per heavy atom. The van der Waals surface area contributed by atoms with Gasteiger partial charge in [-0.2, -0.15) is 0 Å². The standard InChI is InChI=1S/C34H38N2OP2/c1-34(2,3)35-33(37)36-25-32(39(30-20-12-6-13-21-30)31-22-14-7-15-23-31)24-27(36)26-38(28-16-8-4-9-17-28)29-18-10-5-11-19-29/h4-23,27,32H,24-26H2,1-3H3,(H,35,37)/t27-,32-/m0/s1. The van der Waals surface area contributed by atoms with Crippen LogP contribution < -0.4 is 26.5 Å². The largest absolute Gasteiger partial charge is 0.333 e. The predicted octanol–water partition coefficient (Wildman–Crippen LogP) is 6.20. The molecule has 2 atom stereocenters. The highest BCUT2D eigenvalue weighted by Crippen LogP contribution is 2.48. The van der Waals surface area contributed by atoms with E-state index in [0.29, 0.717) is 5.66 Å². The van der Waals surface area contributed by atoms with Crippen molar-refractivity contribution in [2.45, 2.75) is 44.4 Å². The molecular formula is C34H38N2OP2. The van der Waals surface area contributed by atoms with Gasteiger partial charge in [-0.15, -0.1) is 0 Å². The van der Waals surface area contributed by atoms with Crippen LogP contribution in [0.2, 0.25) is 0 Å². The normalized spacial score (nSPS) is 17.5. The van der Waals surface area contributed by atoms with E-state index in [2.05, 4.69) is 152 Å². The first kappa shape index (κ1) is 27.6. The van der Waals surface area contributed by atoms with Gasteiger partial charge in [0.1, 0.15) is 0 Å². The summed E-state index contributed by atoms with van der Waals surface area (Å²) in [5.41, 5.74) is 0.108. The summed E-state index contributed by atoms with van der Waals surface area (Å²) in [6, 6.07) is 43.8. The summed E-state index contributed by atoms with van der Waals surface area (Å²) < 4.78 is 0. The van der Waals surface area contributed by atoms with Gasteiger partial charge in [0.2, 0.25) is 0 Å². The molecule has 2 amide bonds. The smallest absolute Gasteiger partial charge is 0.318 e. The molecule has 5 rings (SSSR count). The minimum Gasteiger partial charge on any atom is -0.333 e. The lowest BCUT2D eigenvalue weighted by Crippen LogP contribution is -2.51. The van der Waals surface area contributed by atoms with Crippen molar-refractivity contribution < 1.29 is 4.79 Å². The maximum Gasteiger partial charge on any atom is 0.318 e. The monoisotopic (exact) mass is 552 g/mol. The molecule has 1 heterocycles. The maximum absolute atomic E-state index is 13.8. The Balaban J connectivity index is 1.51. The van der Waals surface area contributed by atoms with E-state index < -0.39 is 15.8 Å². The third kappa shape index (κ3) is 6.96. The molecule has 39 heavy (non-hydrogen) atoms. The van der Waals surface area contributed by atoms with E-state index in [9.17, 15) is 4.79 Å². The number of nitrogens with one attached hydrogen (secondary N) is 1. The summed E-state index contributed by atoms with van der Waals surface area (Å²) in [7, 11) is -1.22. The predicted molar refractivity (Wildman–Crippen MR) is 170 cm³/mol. The highest BCUT2D eigenvalue weighted by atomic mass is 31.1. The number of urea groups is 1. The van der Waals surface area contributed by atoms with Crippen molar-refractivity contribution in [1.29, 1.82) is 0 Å². The Kier molecular flexibility index (Phi) is 8.81. The van der Waals surface area contributed by atoms with Crippen LogP contribution in [0.25, 0.3) is 0 Å². The molecule has 0 aliphatic carbocycles. The van der Waals surface area contributed by atoms with Crippen molar-refractivity contribution in [3.8, 4) is 0 Å². The van der Waals surface area contributed by atoms with E-state index in [0.717, 1.165) is 19.1 Å². The lowest BCUT2D eigenvalue weighted by atomic mass is 10.1. The molecule has 0 radical (unpaired) electrons. The molecule has 1 aliphatic heterocycles. The average molecular weight is 553 g/mol. The number of rotatable bonds is 7.